The van der Waals surface area contributed by atoms with E-state index in [0.29, 0.717) is 18.4 Å². The third-order valence-electron chi connectivity index (χ3n) is 3.23. The number of ether oxygens (including phenoxy) is 1. The third-order valence-corrected chi connectivity index (χ3v) is 4.13. The predicted octanol–water partition coefficient (Wildman–Crippen LogP) is 5.27. The van der Waals surface area contributed by atoms with Crippen molar-refractivity contribution in [2.75, 3.05) is 6.61 Å². The number of hydrogen-bond acceptors (Lipinski definition) is 3. The second-order valence-corrected chi connectivity index (χ2v) is 10.9. The normalized spacial score (nSPS) is 15.2. The Morgan fingerprint density at radius 1 is 1.08 bits per heavy atom. The summed E-state index contributed by atoms with van der Waals surface area (Å²) in [5, 5.41) is 0. The molecule has 0 N–H and O–H groups in total. The second-order valence-electron chi connectivity index (χ2n) is 6.51. The van der Waals surface area contributed by atoms with Gasteiger partial charge in [-0.3, -0.25) is 4.79 Å². The van der Waals surface area contributed by atoms with Gasteiger partial charge in [0.2, 0.25) is 0 Å². The molecule has 0 aliphatic heterocycles. The molecule has 0 aromatic heterocycles. The smallest absolute Gasteiger partial charge is 0.380 e. The van der Waals surface area contributed by atoms with Gasteiger partial charge in [-0.15, -0.1) is 0 Å². The van der Waals surface area contributed by atoms with Crippen LogP contribution in [0.4, 0.5) is 13.2 Å². The Morgan fingerprint density at radius 3 is 2.00 bits per heavy atom. The fourth-order valence-corrected chi connectivity index (χ4v) is 3.51. The quantitative estimate of drug-likeness (QED) is 0.359. The lowest BCUT2D eigenvalue weighted by Crippen LogP contribution is -2.52. The first-order valence-corrected chi connectivity index (χ1v) is 11.4. The van der Waals surface area contributed by atoms with Crippen molar-refractivity contribution in [2.45, 2.75) is 58.3 Å². The standard InChI is InChI=1S/C17H25F3O3Si/c1-6-8-15(21)13-9-11-14(12-10-13)16(22-7-2,17(18,19)20)23-24(3,4)5/h9-12H,6-8H2,1-5H3. The van der Waals surface area contributed by atoms with E-state index in [4.69, 9.17) is 9.16 Å². The summed E-state index contributed by atoms with van der Waals surface area (Å²) >= 11 is 0. The highest BCUT2D eigenvalue weighted by Gasteiger charge is 2.60. The Hall–Kier alpha value is -1.18. The molecule has 1 rings (SSSR count). The first kappa shape index (κ1) is 20.9. The molecule has 0 spiro atoms. The Morgan fingerprint density at radius 2 is 1.62 bits per heavy atom. The number of alkyl halides is 3. The lowest BCUT2D eigenvalue weighted by atomic mass is 10.0. The summed E-state index contributed by atoms with van der Waals surface area (Å²) < 4.78 is 52.2. The molecule has 0 aliphatic carbocycles. The van der Waals surface area contributed by atoms with Gasteiger partial charge in [0, 0.05) is 24.2 Å². The van der Waals surface area contributed by atoms with Gasteiger partial charge in [0.05, 0.1) is 0 Å². The van der Waals surface area contributed by atoms with Crippen molar-refractivity contribution >= 4 is 14.1 Å². The van der Waals surface area contributed by atoms with Crippen LogP contribution in [0.3, 0.4) is 0 Å². The average Bonchev–Trinajstić information content (AvgIpc) is 2.44. The summed E-state index contributed by atoms with van der Waals surface area (Å²) in [6, 6.07) is 5.35. The fraction of sp³-hybridized carbons (Fsp3) is 0.588. The van der Waals surface area contributed by atoms with E-state index in [1.165, 1.54) is 31.2 Å². The van der Waals surface area contributed by atoms with E-state index in [2.05, 4.69) is 0 Å². The molecule has 1 aromatic rings. The molecule has 136 valence electrons. The number of benzene rings is 1. The molecule has 1 atom stereocenters. The maximum absolute atomic E-state index is 13.9. The maximum atomic E-state index is 13.9. The minimum atomic E-state index is -4.74. The molecule has 0 saturated heterocycles. The van der Waals surface area contributed by atoms with E-state index < -0.39 is 20.3 Å². The van der Waals surface area contributed by atoms with Gasteiger partial charge in [-0.1, -0.05) is 31.2 Å². The van der Waals surface area contributed by atoms with Crippen molar-refractivity contribution in [3.8, 4) is 0 Å². The number of halogens is 3. The van der Waals surface area contributed by atoms with Crippen molar-refractivity contribution < 1.29 is 27.1 Å². The zero-order valence-corrected chi connectivity index (χ0v) is 15.8. The summed E-state index contributed by atoms with van der Waals surface area (Å²) in [6.45, 7) is 8.23. The van der Waals surface area contributed by atoms with E-state index in [1.807, 2.05) is 6.92 Å². The Kier molecular flexibility index (Phi) is 6.78. The molecule has 0 heterocycles. The summed E-state index contributed by atoms with van der Waals surface area (Å²) in [7, 11) is -2.58. The van der Waals surface area contributed by atoms with Crippen molar-refractivity contribution in [1.29, 1.82) is 0 Å². The number of rotatable bonds is 8. The molecule has 24 heavy (non-hydrogen) atoms. The largest absolute Gasteiger partial charge is 0.447 e. The predicted molar refractivity (Wildman–Crippen MR) is 89.5 cm³/mol. The summed E-state index contributed by atoms with van der Waals surface area (Å²) in [6.07, 6.45) is -3.69. The van der Waals surface area contributed by atoms with Crippen molar-refractivity contribution in [1.82, 2.24) is 0 Å². The Bertz CT molecular complexity index is 550. The third kappa shape index (κ3) is 4.91. The Balaban J connectivity index is 3.35. The van der Waals surface area contributed by atoms with Crippen LogP contribution >= 0.6 is 0 Å². The molecule has 0 saturated carbocycles. The number of carbonyl (C=O) groups excluding carboxylic acids is 1. The first-order valence-electron chi connectivity index (χ1n) is 8.01. The van der Waals surface area contributed by atoms with E-state index in [-0.39, 0.29) is 18.0 Å². The number of ketones is 1. The average molecular weight is 362 g/mol. The van der Waals surface area contributed by atoms with E-state index in [9.17, 15) is 18.0 Å². The van der Waals surface area contributed by atoms with Crippen LogP contribution in [0, 0.1) is 0 Å². The van der Waals surface area contributed by atoms with E-state index in [1.54, 1.807) is 19.6 Å². The van der Waals surface area contributed by atoms with Crippen molar-refractivity contribution in [3.63, 3.8) is 0 Å². The van der Waals surface area contributed by atoms with Gasteiger partial charge >= 0.3 is 6.18 Å². The lowest BCUT2D eigenvalue weighted by Gasteiger charge is -2.40. The van der Waals surface area contributed by atoms with Gasteiger partial charge < -0.3 is 9.16 Å². The van der Waals surface area contributed by atoms with Crippen LogP contribution in [0.1, 0.15) is 42.6 Å². The van der Waals surface area contributed by atoms with Crippen LogP contribution in [0.15, 0.2) is 24.3 Å². The van der Waals surface area contributed by atoms with Crippen LogP contribution in [-0.2, 0) is 14.9 Å². The zero-order chi connectivity index (χ0) is 18.6. The van der Waals surface area contributed by atoms with Gasteiger partial charge in [-0.25, -0.2) is 0 Å². The monoisotopic (exact) mass is 362 g/mol. The SMILES string of the molecule is CCCC(=O)c1ccc(C(OCC)(O[Si](C)(C)C)C(F)(F)F)cc1. The second kappa shape index (κ2) is 7.80. The van der Waals surface area contributed by atoms with Crippen LogP contribution in [0.25, 0.3) is 0 Å². The number of Topliss-reactive ketones (excluding diaryl/α,β-unsaturated/α-hetero) is 1. The highest BCUT2D eigenvalue weighted by Crippen LogP contribution is 2.45. The van der Waals surface area contributed by atoms with E-state index in [0.717, 1.165) is 0 Å². The molecular formula is C17H25F3O3Si. The summed E-state index contributed by atoms with van der Waals surface area (Å²) in [5.74, 6) is -2.90. The molecular weight excluding hydrogens is 337 g/mol. The van der Waals surface area contributed by atoms with Crippen molar-refractivity contribution in [3.05, 3.63) is 35.4 Å². The highest BCUT2D eigenvalue weighted by molar-refractivity contribution is 6.69. The van der Waals surface area contributed by atoms with Crippen LogP contribution in [0.2, 0.25) is 19.6 Å². The van der Waals surface area contributed by atoms with Crippen LogP contribution in [0.5, 0.6) is 0 Å². The molecule has 0 fully saturated rings. The Labute approximate surface area is 142 Å². The summed E-state index contributed by atoms with van der Waals surface area (Å²) in [5.41, 5.74) is 0.244. The van der Waals surface area contributed by atoms with Crippen LogP contribution in [-0.4, -0.2) is 26.9 Å². The van der Waals surface area contributed by atoms with Crippen LogP contribution < -0.4 is 0 Å². The molecule has 0 bridgehead atoms. The highest BCUT2D eigenvalue weighted by atomic mass is 28.4. The number of hydrogen-bond donors (Lipinski definition) is 0. The molecule has 0 aliphatic rings. The maximum Gasteiger partial charge on any atom is 0.447 e. The van der Waals surface area contributed by atoms with Gasteiger partial charge in [-0.2, -0.15) is 13.2 Å². The molecule has 7 heteroatoms. The van der Waals surface area contributed by atoms with Gasteiger partial charge in [0.1, 0.15) is 0 Å². The van der Waals surface area contributed by atoms with Gasteiger partial charge in [0.25, 0.3) is 5.79 Å². The first-order chi connectivity index (χ1) is 11.0. The minimum Gasteiger partial charge on any atom is -0.380 e. The van der Waals surface area contributed by atoms with Gasteiger partial charge in [0.15, 0.2) is 14.1 Å². The minimum absolute atomic E-state index is 0.0933. The molecule has 0 amide bonds. The summed E-state index contributed by atoms with van der Waals surface area (Å²) in [4.78, 5) is 11.9. The molecule has 0 radical (unpaired) electrons. The topological polar surface area (TPSA) is 35.5 Å². The van der Waals surface area contributed by atoms with Crippen molar-refractivity contribution in [2.24, 2.45) is 0 Å². The molecule has 1 aromatic carbocycles. The fourth-order valence-electron chi connectivity index (χ4n) is 2.36. The van der Waals surface area contributed by atoms with Gasteiger partial charge in [-0.05, 0) is 33.0 Å². The number of carbonyl (C=O) groups is 1. The molecule has 1 unspecified atom stereocenters. The molecule has 3 nitrogen and oxygen atoms in total. The van der Waals surface area contributed by atoms with E-state index >= 15 is 0 Å². The lowest BCUT2D eigenvalue weighted by molar-refractivity contribution is -0.365. The zero-order valence-electron chi connectivity index (χ0n) is 14.8.